The summed E-state index contributed by atoms with van der Waals surface area (Å²) in [6, 6.07) is 8.77. The Kier molecular flexibility index (Phi) is 5.02. The van der Waals surface area contributed by atoms with Gasteiger partial charge in [-0.2, -0.15) is 0 Å². The summed E-state index contributed by atoms with van der Waals surface area (Å²) in [6.45, 7) is 1.86. The zero-order valence-corrected chi connectivity index (χ0v) is 13.6. The first kappa shape index (κ1) is 15.3. The van der Waals surface area contributed by atoms with Crippen LogP contribution in [0.4, 0.5) is 0 Å². The minimum Gasteiger partial charge on any atom is -0.345 e. The number of hydrogen-bond donors (Lipinski definition) is 1. The second-order valence-corrected chi connectivity index (χ2v) is 5.89. The van der Waals surface area contributed by atoms with E-state index in [9.17, 15) is 4.79 Å². The quantitative estimate of drug-likeness (QED) is 0.796. The van der Waals surface area contributed by atoms with Crippen molar-refractivity contribution in [3.8, 4) is 0 Å². The van der Waals surface area contributed by atoms with Crippen molar-refractivity contribution < 1.29 is 4.79 Å². The molecule has 0 aliphatic heterocycles. The molecule has 1 unspecified atom stereocenters. The molecule has 0 saturated carbocycles. The maximum atomic E-state index is 12.2. The molecule has 0 spiro atoms. The SMILES string of the molecule is CC(NC(=O)c1cc(Br)cnc1Cl)c1ccccc1Cl. The highest BCUT2D eigenvalue weighted by molar-refractivity contribution is 9.10. The number of pyridine rings is 1. The molecule has 1 aromatic heterocycles. The molecular formula is C14H11BrCl2N2O. The smallest absolute Gasteiger partial charge is 0.254 e. The third-order valence-corrected chi connectivity index (χ3v) is 3.85. The van der Waals surface area contributed by atoms with Crippen molar-refractivity contribution in [2.75, 3.05) is 0 Å². The Hall–Kier alpha value is -1.10. The van der Waals surface area contributed by atoms with Crippen LogP contribution in [0.5, 0.6) is 0 Å². The van der Waals surface area contributed by atoms with Crippen LogP contribution in [0.1, 0.15) is 28.9 Å². The average molecular weight is 374 g/mol. The standard InChI is InChI=1S/C14H11BrCl2N2O/c1-8(10-4-2-3-5-12(10)16)19-14(20)11-6-9(15)7-18-13(11)17/h2-8H,1H3,(H,19,20). The number of benzene rings is 1. The normalized spacial score (nSPS) is 12.0. The van der Waals surface area contributed by atoms with Crippen molar-refractivity contribution in [1.29, 1.82) is 0 Å². The van der Waals surface area contributed by atoms with Gasteiger partial charge in [0.15, 0.2) is 0 Å². The Bertz CT molecular complexity index is 649. The summed E-state index contributed by atoms with van der Waals surface area (Å²) in [5, 5.41) is 3.63. The van der Waals surface area contributed by atoms with Gasteiger partial charge in [0.1, 0.15) is 5.15 Å². The van der Waals surface area contributed by atoms with Crippen LogP contribution in [-0.4, -0.2) is 10.9 Å². The monoisotopic (exact) mass is 372 g/mol. The fourth-order valence-corrected chi connectivity index (χ4v) is 2.58. The molecule has 0 radical (unpaired) electrons. The molecule has 2 aromatic rings. The zero-order valence-electron chi connectivity index (χ0n) is 10.5. The number of halogens is 3. The molecule has 1 heterocycles. The predicted octanol–water partition coefficient (Wildman–Crippen LogP) is 4.64. The molecule has 0 aliphatic carbocycles. The Morgan fingerprint density at radius 3 is 2.75 bits per heavy atom. The molecule has 104 valence electrons. The maximum Gasteiger partial charge on any atom is 0.254 e. The molecule has 3 nitrogen and oxygen atoms in total. The van der Waals surface area contributed by atoms with Gasteiger partial charge in [-0.15, -0.1) is 0 Å². The van der Waals surface area contributed by atoms with Gasteiger partial charge in [-0.05, 0) is 40.5 Å². The van der Waals surface area contributed by atoms with Gasteiger partial charge in [0.2, 0.25) is 0 Å². The summed E-state index contributed by atoms with van der Waals surface area (Å²) >= 11 is 15.3. The Labute approximate surface area is 135 Å². The molecule has 6 heteroatoms. The predicted molar refractivity (Wildman–Crippen MR) is 84.3 cm³/mol. The van der Waals surface area contributed by atoms with Gasteiger partial charge in [-0.3, -0.25) is 4.79 Å². The Morgan fingerprint density at radius 2 is 2.05 bits per heavy atom. The number of amides is 1. The van der Waals surface area contributed by atoms with E-state index in [2.05, 4.69) is 26.2 Å². The third kappa shape index (κ3) is 3.51. The van der Waals surface area contributed by atoms with Gasteiger partial charge in [0, 0.05) is 15.7 Å². The van der Waals surface area contributed by atoms with E-state index in [0.717, 1.165) is 5.56 Å². The van der Waals surface area contributed by atoms with E-state index in [-0.39, 0.29) is 17.1 Å². The van der Waals surface area contributed by atoms with Crippen molar-refractivity contribution in [2.45, 2.75) is 13.0 Å². The summed E-state index contributed by atoms with van der Waals surface area (Å²) in [4.78, 5) is 16.1. The summed E-state index contributed by atoms with van der Waals surface area (Å²) in [5.74, 6) is -0.295. The Balaban J connectivity index is 2.20. The van der Waals surface area contributed by atoms with Crippen LogP contribution in [0.25, 0.3) is 0 Å². The van der Waals surface area contributed by atoms with Crippen molar-refractivity contribution in [2.24, 2.45) is 0 Å². The summed E-state index contributed by atoms with van der Waals surface area (Å²) < 4.78 is 0.692. The second-order valence-electron chi connectivity index (χ2n) is 4.21. The average Bonchev–Trinajstić information content (AvgIpc) is 2.41. The van der Waals surface area contributed by atoms with Crippen LogP contribution in [0.2, 0.25) is 10.2 Å². The molecular weight excluding hydrogens is 363 g/mol. The van der Waals surface area contributed by atoms with Gasteiger partial charge in [0.05, 0.1) is 11.6 Å². The topological polar surface area (TPSA) is 42.0 Å². The highest BCUT2D eigenvalue weighted by Gasteiger charge is 2.16. The largest absolute Gasteiger partial charge is 0.345 e. The number of carbonyl (C=O) groups is 1. The zero-order chi connectivity index (χ0) is 14.7. The lowest BCUT2D eigenvalue weighted by Gasteiger charge is -2.16. The number of nitrogens with zero attached hydrogens (tertiary/aromatic N) is 1. The molecule has 1 atom stereocenters. The van der Waals surface area contributed by atoms with Crippen LogP contribution in [0.3, 0.4) is 0 Å². The number of carbonyl (C=O) groups excluding carboxylic acids is 1. The van der Waals surface area contributed by atoms with Gasteiger partial charge < -0.3 is 5.32 Å². The molecule has 1 N–H and O–H groups in total. The molecule has 20 heavy (non-hydrogen) atoms. The van der Waals surface area contributed by atoms with E-state index in [1.165, 1.54) is 6.20 Å². The highest BCUT2D eigenvalue weighted by Crippen LogP contribution is 2.23. The van der Waals surface area contributed by atoms with E-state index in [1.54, 1.807) is 12.1 Å². The number of aromatic nitrogens is 1. The molecule has 0 fully saturated rings. The van der Waals surface area contributed by atoms with Crippen molar-refractivity contribution >= 4 is 45.0 Å². The van der Waals surface area contributed by atoms with E-state index >= 15 is 0 Å². The van der Waals surface area contributed by atoms with E-state index in [0.29, 0.717) is 15.1 Å². The third-order valence-electron chi connectivity index (χ3n) is 2.77. The van der Waals surface area contributed by atoms with Crippen molar-refractivity contribution in [3.63, 3.8) is 0 Å². The lowest BCUT2D eigenvalue weighted by atomic mass is 10.1. The first-order valence-electron chi connectivity index (χ1n) is 5.85. The highest BCUT2D eigenvalue weighted by atomic mass is 79.9. The molecule has 0 saturated heterocycles. The number of nitrogens with one attached hydrogen (secondary N) is 1. The first-order chi connectivity index (χ1) is 9.49. The summed E-state index contributed by atoms with van der Waals surface area (Å²) in [7, 11) is 0. The van der Waals surface area contributed by atoms with Gasteiger partial charge >= 0.3 is 0 Å². The summed E-state index contributed by atoms with van der Waals surface area (Å²) in [6.07, 6.45) is 1.54. The molecule has 1 aromatic carbocycles. The summed E-state index contributed by atoms with van der Waals surface area (Å²) in [5.41, 5.74) is 1.17. The molecule has 2 rings (SSSR count). The number of rotatable bonds is 3. The van der Waals surface area contributed by atoms with Crippen LogP contribution >= 0.6 is 39.1 Å². The van der Waals surface area contributed by atoms with E-state index in [1.807, 2.05) is 25.1 Å². The van der Waals surface area contributed by atoms with Gasteiger partial charge in [0.25, 0.3) is 5.91 Å². The van der Waals surface area contributed by atoms with Crippen LogP contribution < -0.4 is 5.32 Å². The van der Waals surface area contributed by atoms with Crippen LogP contribution in [0.15, 0.2) is 41.0 Å². The van der Waals surface area contributed by atoms with Crippen molar-refractivity contribution in [3.05, 3.63) is 62.3 Å². The molecule has 0 bridgehead atoms. The fraction of sp³-hybridized carbons (Fsp3) is 0.143. The lowest BCUT2D eigenvalue weighted by molar-refractivity contribution is 0.0939. The minimum atomic E-state index is -0.295. The Morgan fingerprint density at radius 1 is 1.35 bits per heavy atom. The van der Waals surface area contributed by atoms with Gasteiger partial charge in [-0.25, -0.2) is 4.98 Å². The fourth-order valence-electron chi connectivity index (χ4n) is 1.76. The van der Waals surface area contributed by atoms with Crippen LogP contribution in [-0.2, 0) is 0 Å². The van der Waals surface area contributed by atoms with E-state index in [4.69, 9.17) is 23.2 Å². The second kappa shape index (κ2) is 6.57. The molecule has 1 amide bonds. The van der Waals surface area contributed by atoms with Crippen LogP contribution in [0, 0.1) is 0 Å². The first-order valence-corrected chi connectivity index (χ1v) is 7.40. The van der Waals surface area contributed by atoms with Gasteiger partial charge in [-0.1, -0.05) is 41.4 Å². The maximum absolute atomic E-state index is 12.2. The van der Waals surface area contributed by atoms with Crippen molar-refractivity contribution in [1.82, 2.24) is 10.3 Å². The lowest BCUT2D eigenvalue weighted by Crippen LogP contribution is -2.27. The van der Waals surface area contributed by atoms with E-state index < -0.39 is 0 Å². The number of hydrogen-bond acceptors (Lipinski definition) is 2. The molecule has 0 aliphatic rings. The minimum absolute atomic E-state index is 0.164.